The Kier molecular flexibility index (Phi) is 6.03. The molecule has 1 aliphatic rings. The molecule has 0 unspecified atom stereocenters. The summed E-state index contributed by atoms with van der Waals surface area (Å²) >= 11 is 12.8. The molecule has 0 bridgehead atoms. The Balaban J connectivity index is 1.55. The minimum Gasteiger partial charge on any atom is -0.376 e. The highest BCUT2D eigenvalue weighted by atomic mass is 35.5. The maximum atomic E-state index is 13.2. The number of rotatable bonds is 6. The number of imidazole rings is 1. The van der Waals surface area contributed by atoms with Crippen LogP contribution in [-0.4, -0.2) is 35.7 Å². The van der Waals surface area contributed by atoms with Gasteiger partial charge in [0.2, 0.25) is 5.91 Å². The van der Waals surface area contributed by atoms with E-state index in [1.165, 1.54) is 0 Å². The molecule has 0 atom stereocenters. The van der Waals surface area contributed by atoms with Crippen LogP contribution in [0.3, 0.4) is 0 Å². The molecule has 5 nitrogen and oxygen atoms in total. The second-order valence-electron chi connectivity index (χ2n) is 8.64. The Hall–Kier alpha value is -2.45. The molecular weight excluding hydrogens is 476 g/mol. The number of hydrogen-bond donors (Lipinski definition) is 1. The third-order valence-corrected chi connectivity index (χ3v) is 6.83. The summed E-state index contributed by atoms with van der Waals surface area (Å²) in [7, 11) is 5.73. The molecule has 33 heavy (non-hydrogen) atoms. The SMILES string of the molecule is CN(C)c1cc2c(cc1Cl)nc(Cc1cc(CNC(=O)C3(C(F)(F)F)CC3)ccc1Cl)n2C. The summed E-state index contributed by atoms with van der Waals surface area (Å²) in [6, 6.07) is 8.94. The molecule has 2 aromatic carbocycles. The molecule has 1 aliphatic carbocycles. The summed E-state index contributed by atoms with van der Waals surface area (Å²) < 4.78 is 41.4. The van der Waals surface area contributed by atoms with Crippen molar-refractivity contribution in [3.63, 3.8) is 0 Å². The Morgan fingerprint density at radius 2 is 1.88 bits per heavy atom. The van der Waals surface area contributed by atoms with Gasteiger partial charge in [-0.15, -0.1) is 0 Å². The zero-order valence-corrected chi connectivity index (χ0v) is 19.9. The van der Waals surface area contributed by atoms with Crippen molar-refractivity contribution in [3.05, 3.63) is 57.3 Å². The molecule has 4 rings (SSSR count). The molecule has 0 spiro atoms. The molecule has 3 aromatic rings. The first-order valence-corrected chi connectivity index (χ1v) is 11.1. The van der Waals surface area contributed by atoms with Crippen molar-refractivity contribution in [2.75, 3.05) is 19.0 Å². The maximum Gasteiger partial charge on any atom is 0.403 e. The van der Waals surface area contributed by atoms with E-state index in [0.29, 0.717) is 22.0 Å². The van der Waals surface area contributed by atoms with E-state index in [9.17, 15) is 18.0 Å². The summed E-state index contributed by atoms with van der Waals surface area (Å²) in [5, 5.41) is 3.54. The number of aromatic nitrogens is 2. The molecule has 1 amide bonds. The molecular formula is C23H23Cl2F3N4O. The summed E-state index contributed by atoms with van der Waals surface area (Å²) in [5.41, 5.74) is 1.74. The number of benzene rings is 2. The number of aryl methyl sites for hydroxylation is 1. The minimum atomic E-state index is -4.53. The number of halogens is 5. The van der Waals surface area contributed by atoms with Gasteiger partial charge in [0.25, 0.3) is 0 Å². The lowest BCUT2D eigenvalue weighted by Gasteiger charge is -2.18. The fourth-order valence-corrected chi connectivity index (χ4v) is 4.42. The predicted octanol–water partition coefficient (Wildman–Crippen LogP) is 5.50. The second-order valence-corrected chi connectivity index (χ2v) is 9.45. The van der Waals surface area contributed by atoms with Crippen molar-refractivity contribution < 1.29 is 18.0 Å². The van der Waals surface area contributed by atoms with E-state index in [4.69, 9.17) is 23.2 Å². The zero-order valence-electron chi connectivity index (χ0n) is 18.4. The van der Waals surface area contributed by atoms with Crippen molar-refractivity contribution in [3.8, 4) is 0 Å². The lowest BCUT2D eigenvalue weighted by atomic mass is 10.0. The van der Waals surface area contributed by atoms with Gasteiger partial charge in [-0.2, -0.15) is 13.2 Å². The van der Waals surface area contributed by atoms with Crippen LogP contribution >= 0.6 is 23.2 Å². The molecule has 0 radical (unpaired) electrons. The Morgan fingerprint density at radius 1 is 1.18 bits per heavy atom. The number of carbonyl (C=O) groups is 1. The van der Waals surface area contributed by atoms with Crippen molar-refractivity contribution in [2.45, 2.75) is 32.0 Å². The molecule has 0 saturated heterocycles. The Bertz CT molecular complexity index is 1230. The van der Waals surface area contributed by atoms with Gasteiger partial charge in [-0.25, -0.2) is 4.98 Å². The van der Waals surface area contributed by atoms with Gasteiger partial charge in [0, 0.05) is 39.1 Å². The summed E-state index contributed by atoms with van der Waals surface area (Å²) in [6.07, 6.45) is -4.45. The van der Waals surface area contributed by atoms with Crippen LogP contribution < -0.4 is 10.2 Å². The third-order valence-electron chi connectivity index (χ3n) is 6.16. The van der Waals surface area contributed by atoms with Gasteiger partial charge in [0.15, 0.2) is 0 Å². The van der Waals surface area contributed by atoms with Crippen molar-refractivity contribution >= 4 is 45.8 Å². The van der Waals surface area contributed by atoms with Crippen LogP contribution in [-0.2, 0) is 24.8 Å². The molecule has 1 N–H and O–H groups in total. The number of nitrogens with zero attached hydrogens (tertiary/aromatic N) is 3. The van der Waals surface area contributed by atoms with E-state index in [0.717, 1.165) is 28.1 Å². The molecule has 176 valence electrons. The van der Waals surface area contributed by atoms with E-state index >= 15 is 0 Å². The van der Waals surface area contributed by atoms with Crippen LogP contribution in [0.25, 0.3) is 11.0 Å². The van der Waals surface area contributed by atoms with Crippen LogP contribution in [0.15, 0.2) is 30.3 Å². The van der Waals surface area contributed by atoms with E-state index in [1.807, 2.05) is 42.7 Å². The average Bonchev–Trinajstić information content (AvgIpc) is 3.50. The highest BCUT2D eigenvalue weighted by Gasteiger charge is 2.68. The van der Waals surface area contributed by atoms with Crippen molar-refractivity contribution in [2.24, 2.45) is 12.5 Å². The van der Waals surface area contributed by atoms with Crippen LogP contribution in [0.5, 0.6) is 0 Å². The van der Waals surface area contributed by atoms with Crippen molar-refractivity contribution in [1.29, 1.82) is 0 Å². The minimum absolute atomic E-state index is 0.00875. The molecule has 0 aliphatic heterocycles. The highest BCUT2D eigenvalue weighted by molar-refractivity contribution is 6.34. The second kappa shape index (κ2) is 8.40. The smallest absolute Gasteiger partial charge is 0.376 e. The van der Waals surface area contributed by atoms with Gasteiger partial charge < -0.3 is 14.8 Å². The third kappa shape index (κ3) is 4.38. The Labute approximate surface area is 199 Å². The monoisotopic (exact) mass is 498 g/mol. The molecule has 1 heterocycles. The fourth-order valence-electron chi connectivity index (χ4n) is 3.91. The lowest BCUT2D eigenvalue weighted by Crippen LogP contribution is -2.40. The topological polar surface area (TPSA) is 50.2 Å². The number of anilines is 1. The standard InChI is InChI=1S/C23H23Cl2F3N4O/c1-31(2)18-11-19-17(10-16(18)25)30-20(32(19)3)9-14-8-13(4-5-15(14)24)12-29-21(33)22(6-7-22)23(26,27)28/h4-5,8,10-11H,6-7,9,12H2,1-3H3,(H,29,33). The fraction of sp³-hybridized carbons (Fsp3) is 0.391. The normalized spacial score (nSPS) is 15.0. The number of amides is 1. The summed E-state index contributed by atoms with van der Waals surface area (Å²) in [6.45, 7) is -0.00875. The molecule has 1 saturated carbocycles. The van der Waals surface area contributed by atoms with Crippen molar-refractivity contribution in [1.82, 2.24) is 14.9 Å². The van der Waals surface area contributed by atoms with E-state index in [-0.39, 0.29) is 19.4 Å². The van der Waals surface area contributed by atoms with Gasteiger partial charge >= 0.3 is 6.18 Å². The quantitative estimate of drug-likeness (QED) is 0.488. The predicted molar refractivity (Wildman–Crippen MR) is 124 cm³/mol. The highest BCUT2D eigenvalue weighted by Crippen LogP contribution is 2.57. The van der Waals surface area contributed by atoms with Gasteiger partial charge in [-0.05, 0) is 42.2 Å². The first-order valence-electron chi connectivity index (χ1n) is 10.4. The van der Waals surface area contributed by atoms with E-state index in [2.05, 4.69) is 10.3 Å². The lowest BCUT2D eigenvalue weighted by molar-refractivity contribution is -0.192. The molecule has 1 fully saturated rings. The summed E-state index contributed by atoms with van der Waals surface area (Å²) in [5.74, 6) is -0.218. The van der Waals surface area contributed by atoms with Gasteiger partial charge in [-0.3, -0.25) is 4.79 Å². The number of nitrogens with one attached hydrogen (secondary N) is 1. The first kappa shape index (κ1) is 23.7. The summed E-state index contributed by atoms with van der Waals surface area (Å²) in [4.78, 5) is 18.8. The van der Waals surface area contributed by atoms with Crippen LogP contribution in [0, 0.1) is 5.41 Å². The van der Waals surface area contributed by atoms with Crippen LogP contribution in [0.1, 0.15) is 29.8 Å². The van der Waals surface area contributed by atoms with Gasteiger partial charge in [-0.1, -0.05) is 35.3 Å². The number of fused-ring (bicyclic) bond motifs is 1. The largest absolute Gasteiger partial charge is 0.403 e. The molecule has 10 heteroatoms. The number of hydrogen-bond acceptors (Lipinski definition) is 3. The maximum absolute atomic E-state index is 13.2. The van der Waals surface area contributed by atoms with Gasteiger partial charge in [0.05, 0.1) is 21.7 Å². The van der Waals surface area contributed by atoms with Crippen LogP contribution in [0.4, 0.5) is 18.9 Å². The van der Waals surface area contributed by atoms with Gasteiger partial charge in [0.1, 0.15) is 11.2 Å². The number of alkyl halides is 3. The van der Waals surface area contributed by atoms with E-state index < -0.39 is 17.5 Å². The van der Waals surface area contributed by atoms with E-state index in [1.54, 1.807) is 18.2 Å². The Morgan fingerprint density at radius 3 is 2.48 bits per heavy atom. The average molecular weight is 499 g/mol. The molecule has 1 aromatic heterocycles. The number of carbonyl (C=O) groups excluding carboxylic acids is 1. The van der Waals surface area contributed by atoms with Crippen LogP contribution in [0.2, 0.25) is 10.0 Å². The zero-order chi connectivity index (χ0) is 24.1. The first-order chi connectivity index (χ1) is 15.4.